The number of hydrogen-bond acceptors (Lipinski definition) is 9. The molecule has 5 rings (SSSR count). The summed E-state index contributed by atoms with van der Waals surface area (Å²) in [5.41, 5.74) is 0.228. The number of nitrogens with one attached hydrogen (secondary N) is 1. The van der Waals surface area contributed by atoms with Crippen molar-refractivity contribution in [1.29, 1.82) is 0 Å². The van der Waals surface area contributed by atoms with Crippen molar-refractivity contribution >= 4 is 35.2 Å². The molecule has 16 heteroatoms. The second-order valence-electron chi connectivity index (χ2n) is 12.2. The van der Waals surface area contributed by atoms with E-state index in [2.05, 4.69) is 20.4 Å². The third-order valence-corrected chi connectivity index (χ3v) is 6.94. The van der Waals surface area contributed by atoms with Gasteiger partial charge in [0.25, 0.3) is 5.91 Å². The topological polar surface area (TPSA) is 145 Å². The number of alkyl halides is 3. The van der Waals surface area contributed by atoms with Crippen LogP contribution < -0.4 is 15.1 Å². The number of nitrogens with zero attached hydrogens (tertiary/aromatic N) is 6. The molecule has 3 aromatic heterocycles. The van der Waals surface area contributed by atoms with E-state index in [1.165, 1.54) is 48.7 Å². The Morgan fingerprint density at radius 2 is 1.90 bits per heavy atom. The molecule has 1 N–H and O–H groups in total. The average molecular weight is 670 g/mol. The highest BCUT2D eigenvalue weighted by Crippen LogP contribution is 2.31. The molecule has 3 amide bonds. The smallest absolute Gasteiger partial charge is 0.416 e. The Labute approximate surface area is 273 Å². The average Bonchev–Trinajstić information content (AvgIpc) is 3.74. The van der Waals surface area contributed by atoms with Crippen molar-refractivity contribution in [2.45, 2.75) is 45.6 Å². The number of anilines is 3. The molecule has 0 radical (unpaired) electrons. The van der Waals surface area contributed by atoms with Gasteiger partial charge in [0, 0.05) is 37.7 Å². The SMILES string of the molecule is Cn1cc(NC(=O)c2coc(-c3ccnc(N(CC(F)(F)F)C(=O)OC(C)(C)C)c3)n2)c(N2CC(COCc3ccccc3)CC2=O)n1. The molecule has 4 heterocycles. The molecule has 0 bridgehead atoms. The third-order valence-electron chi connectivity index (χ3n) is 6.94. The van der Waals surface area contributed by atoms with Crippen molar-refractivity contribution in [3.8, 4) is 11.5 Å². The number of aromatic nitrogens is 4. The molecule has 1 saturated heterocycles. The van der Waals surface area contributed by atoms with E-state index >= 15 is 0 Å². The van der Waals surface area contributed by atoms with Gasteiger partial charge in [-0.3, -0.25) is 24.1 Å². The fraction of sp³-hybridized carbons (Fsp3) is 0.375. The van der Waals surface area contributed by atoms with Gasteiger partial charge >= 0.3 is 12.3 Å². The Balaban J connectivity index is 1.27. The fourth-order valence-electron chi connectivity index (χ4n) is 4.91. The molecule has 1 aromatic carbocycles. The van der Waals surface area contributed by atoms with Crippen molar-refractivity contribution in [1.82, 2.24) is 19.7 Å². The van der Waals surface area contributed by atoms with Crippen LogP contribution in [0.2, 0.25) is 0 Å². The minimum Gasteiger partial charge on any atom is -0.444 e. The molecule has 1 aliphatic rings. The summed E-state index contributed by atoms with van der Waals surface area (Å²) in [7, 11) is 1.65. The van der Waals surface area contributed by atoms with E-state index in [4.69, 9.17) is 13.9 Å². The zero-order chi connectivity index (χ0) is 34.6. The molecule has 1 unspecified atom stereocenters. The predicted molar refractivity (Wildman–Crippen MR) is 167 cm³/mol. The van der Waals surface area contributed by atoms with E-state index < -0.39 is 30.3 Å². The lowest BCUT2D eigenvalue weighted by atomic mass is 10.1. The Kier molecular flexibility index (Phi) is 9.84. The number of hydrogen-bond donors (Lipinski definition) is 1. The number of rotatable bonds is 10. The molecular weight excluding hydrogens is 635 g/mol. The molecule has 0 spiro atoms. The molecule has 1 atom stereocenters. The van der Waals surface area contributed by atoms with E-state index in [1.807, 2.05) is 30.3 Å². The van der Waals surface area contributed by atoms with Crippen LogP contribution in [0, 0.1) is 5.92 Å². The van der Waals surface area contributed by atoms with Gasteiger partial charge in [0.05, 0.1) is 19.4 Å². The standard InChI is InChI=1S/C32H34F3N7O6/c1-31(2,3)48-30(45)42(19-32(33,34)35)25-13-22(10-11-36-25)29-38-24(18-47-29)28(44)37-23-15-40(4)39-27(23)41-14-21(12-26(41)43)17-46-16-20-8-6-5-7-9-20/h5-11,13,15,18,21H,12,14,16-17,19H2,1-4H3,(H,37,44). The van der Waals surface area contributed by atoms with Gasteiger partial charge in [-0.15, -0.1) is 0 Å². The van der Waals surface area contributed by atoms with Crippen LogP contribution in [0.4, 0.5) is 35.3 Å². The van der Waals surface area contributed by atoms with Gasteiger partial charge in [-0.05, 0) is 38.5 Å². The highest BCUT2D eigenvalue weighted by molar-refractivity contribution is 6.06. The predicted octanol–water partition coefficient (Wildman–Crippen LogP) is 5.60. The first-order chi connectivity index (χ1) is 22.6. The van der Waals surface area contributed by atoms with Crippen LogP contribution in [0.3, 0.4) is 0 Å². The van der Waals surface area contributed by atoms with E-state index in [0.29, 0.717) is 24.7 Å². The first kappa shape index (κ1) is 34.1. The van der Waals surface area contributed by atoms with Crippen LogP contribution >= 0.6 is 0 Å². The highest BCUT2D eigenvalue weighted by atomic mass is 19.4. The summed E-state index contributed by atoms with van der Waals surface area (Å²) in [4.78, 5) is 48.8. The number of benzene rings is 1. The van der Waals surface area contributed by atoms with Gasteiger partial charge in [-0.2, -0.15) is 18.3 Å². The van der Waals surface area contributed by atoms with Gasteiger partial charge in [0.2, 0.25) is 11.8 Å². The number of aryl methyl sites for hydroxylation is 1. The fourth-order valence-corrected chi connectivity index (χ4v) is 4.91. The first-order valence-corrected chi connectivity index (χ1v) is 14.9. The van der Waals surface area contributed by atoms with Crippen molar-refractivity contribution in [2.75, 3.05) is 34.8 Å². The maximum absolute atomic E-state index is 13.4. The van der Waals surface area contributed by atoms with Crippen LogP contribution in [0.1, 0.15) is 43.2 Å². The number of carbonyl (C=O) groups excluding carboxylic acids is 3. The van der Waals surface area contributed by atoms with E-state index in [1.54, 1.807) is 13.2 Å². The number of halogens is 3. The lowest BCUT2D eigenvalue weighted by Crippen LogP contribution is -2.42. The van der Waals surface area contributed by atoms with E-state index in [0.717, 1.165) is 11.8 Å². The first-order valence-electron chi connectivity index (χ1n) is 14.9. The van der Waals surface area contributed by atoms with Gasteiger partial charge in [-0.25, -0.2) is 14.8 Å². The molecule has 254 valence electrons. The normalized spacial score (nSPS) is 15.1. The number of carbonyl (C=O) groups is 3. The summed E-state index contributed by atoms with van der Waals surface area (Å²) in [5, 5.41) is 7.09. The van der Waals surface area contributed by atoms with Crippen molar-refractivity contribution in [3.05, 3.63) is 72.4 Å². The summed E-state index contributed by atoms with van der Waals surface area (Å²) in [5.74, 6) is -1.13. The molecule has 48 heavy (non-hydrogen) atoms. The van der Waals surface area contributed by atoms with E-state index in [9.17, 15) is 27.6 Å². The summed E-state index contributed by atoms with van der Waals surface area (Å²) in [6.45, 7) is 4.07. The summed E-state index contributed by atoms with van der Waals surface area (Å²) >= 11 is 0. The van der Waals surface area contributed by atoms with Gasteiger partial charge < -0.3 is 19.2 Å². The monoisotopic (exact) mass is 669 g/mol. The van der Waals surface area contributed by atoms with Crippen LogP contribution in [0.25, 0.3) is 11.5 Å². The Bertz CT molecular complexity index is 1770. The van der Waals surface area contributed by atoms with Crippen LogP contribution in [-0.2, 0) is 27.9 Å². The Morgan fingerprint density at radius 1 is 1.15 bits per heavy atom. The summed E-state index contributed by atoms with van der Waals surface area (Å²) < 4.78 is 58.0. The van der Waals surface area contributed by atoms with Crippen LogP contribution in [0.5, 0.6) is 0 Å². The van der Waals surface area contributed by atoms with Crippen molar-refractivity contribution in [3.63, 3.8) is 0 Å². The number of amides is 3. The largest absolute Gasteiger partial charge is 0.444 e. The molecular formula is C32H34F3N7O6. The zero-order valence-corrected chi connectivity index (χ0v) is 26.7. The molecule has 1 aliphatic heterocycles. The molecule has 4 aromatic rings. The maximum atomic E-state index is 13.4. The third kappa shape index (κ3) is 8.76. The van der Waals surface area contributed by atoms with Crippen molar-refractivity contribution < 1.29 is 41.4 Å². The van der Waals surface area contributed by atoms with Gasteiger partial charge in [-0.1, -0.05) is 30.3 Å². The second kappa shape index (κ2) is 13.9. The Hall–Kier alpha value is -5.25. The van der Waals surface area contributed by atoms with Gasteiger partial charge in [0.15, 0.2) is 11.5 Å². The number of ether oxygens (including phenoxy) is 2. The zero-order valence-electron chi connectivity index (χ0n) is 26.7. The van der Waals surface area contributed by atoms with Crippen LogP contribution in [-0.4, -0.2) is 69.1 Å². The number of pyridine rings is 1. The quantitative estimate of drug-likeness (QED) is 0.228. The molecule has 13 nitrogen and oxygen atoms in total. The number of oxazole rings is 1. The molecule has 0 saturated carbocycles. The maximum Gasteiger partial charge on any atom is 0.416 e. The lowest BCUT2D eigenvalue weighted by molar-refractivity contribution is -0.120. The minimum atomic E-state index is -4.75. The molecule has 1 fully saturated rings. The van der Waals surface area contributed by atoms with E-state index in [-0.39, 0.29) is 52.7 Å². The lowest BCUT2D eigenvalue weighted by Gasteiger charge is -2.27. The minimum absolute atomic E-state index is 0.0718. The Morgan fingerprint density at radius 3 is 2.60 bits per heavy atom. The van der Waals surface area contributed by atoms with Gasteiger partial charge in [0.1, 0.15) is 29.9 Å². The van der Waals surface area contributed by atoms with Crippen LogP contribution in [0.15, 0.2) is 65.5 Å². The van der Waals surface area contributed by atoms with Crippen molar-refractivity contribution in [2.24, 2.45) is 13.0 Å². The summed E-state index contributed by atoms with van der Waals surface area (Å²) in [6.07, 6.45) is -1.94. The summed E-state index contributed by atoms with van der Waals surface area (Å²) in [6, 6.07) is 12.3. The highest BCUT2D eigenvalue weighted by Gasteiger charge is 2.37. The second-order valence-corrected chi connectivity index (χ2v) is 12.2. The molecule has 0 aliphatic carbocycles.